The zero-order chi connectivity index (χ0) is 14.4. The van der Waals surface area contributed by atoms with Crippen molar-refractivity contribution in [2.75, 3.05) is 25.0 Å². The molecule has 0 saturated heterocycles. The van der Waals surface area contributed by atoms with E-state index in [2.05, 4.69) is 15.2 Å². The summed E-state index contributed by atoms with van der Waals surface area (Å²) in [5.74, 6) is -0.0758. The Hall–Kier alpha value is -2.11. The van der Waals surface area contributed by atoms with Gasteiger partial charge < -0.3 is 16.0 Å². The lowest BCUT2D eigenvalue weighted by Gasteiger charge is -2.26. The molecule has 6 heteroatoms. The van der Waals surface area contributed by atoms with Gasteiger partial charge in [0.15, 0.2) is 0 Å². The zero-order valence-corrected chi connectivity index (χ0v) is 11.6. The minimum atomic E-state index is -0.211. The number of aromatic nitrogens is 1. The van der Waals surface area contributed by atoms with Gasteiger partial charge in [-0.3, -0.25) is 15.2 Å². The molecule has 0 aliphatic heterocycles. The monoisotopic (exact) mass is 263 g/mol. The van der Waals surface area contributed by atoms with E-state index in [1.165, 1.54) is 0 Å². The highest BCUT2D eigenvalue weighted by Gasteiger charge is 2.13. The van der Waals surface area contributed by atoms with Crippen LogP contribution < -0.4 is 16.0 Å². The van der Waals surface area contributed by atoms with Gasteiger partial charge in [-0.1, -0.05) is 6.92 Å². The number of hydrogen-bond acceptors (Lipinski definition) is 4. The maximum atomic E-state index is 11.6. The van der Waals surface area contributed by atoms with Gasteiger partial charge in [-0.05, 0) is 19.1 Å². The first kappa shape index (κ1) is 14.9. The molecule has 1 aromatic rings. The minimum absolute atomic E-state index is 0.0310. The Balaban J connectivity index is 2.92. The quantitative estimate of drug-likeness (QED) is 0.523. The molecule has 0 aliphatic carbocycles. The molecule has 1 aromatic heterocycles. The molecule has 0 saturated carbocycles. The smallest absolute Gasteiger partial charge is 0.269 e. The van der Waals surface area contributed by atoms with Crippen LogP contribution in [-0.4, -0.2) is 36.9 Å². The number of carbonyl (C=O) groups is 1. The number of nitrogens with one attached hydrogen (secondary N) is 2. The zero-order valence-electron chi connectivity index (χ0n) is 11.6. The molecule has 1 atom stereocenters. The van der Waals surface area contributed by atoms with Gasteiger partial charge in [0.05, 0.1) is 5.84 Å². The summed E-state index contributed by atoms with van der Waals surface area (Å²) in [7, 11) is 1.58. The SMILES string of the molecule is CCN(CC(C)C(=N)N)c1ccnc(C(=O)NC)c1. The maximum Gasteiger partial charge on any atom is 0.269 e. The third kappa shape index (κ3) is 3.94. The van der Waals surface area contributed by atoms with Gasteiger partial charge in [0.2, 0.25) is 0 Å². The fraction of sp³-hybridized carbons (Fsp3) is 0.462. The molecule has 0 radical (unpaired) electrons. The van der Waals surface area contributed by atoms with Crippen LogP contribution in [-0.2, 0) is 0 Å². The van der Waals surface area contributed by atoms with Gasteiger partial charge in [-0.25, -0.2) is 0 Å². The Morgan fingerprint density at radius 2 is 2.32 bits per heavy atom. The fourth-order valence-corrected chi connectivity index (χ4v) is 1.71. The van der Waals surface area contributed by atoms with Crippen molar-refractivity contribution >= 4 is 17.4 Å². The number of rotatable bonds is 6. The standard InChI is InChI=1S/C13H21N5O/c1-4-18(8-9(2)12(14)15)10-5-6-17-11(7-10)13(19)16-3/h5-7,9H,4,8H2,1-3H3,(H3,14,15)(H,16,19). The molecule has 1 amide bonds. The van der Waals surface area contributed by atoms with Crippen molar-refractivity contribution in [3.8, 4) is 0 Å². The van der Waals surface area contributed by atoms with Crippen LogP contribution in [0, 0.1) is 11.3 Å². The van der Waals surface area contributed by atoms with Crippen molar-refractivity contribution in [3.05, 3.63) is 24.0 Å². The number of nitrogens with two attached hydrogens (primary N) is 1. The normalized spacial score (nSPS) is 11.7. The van der Waals surface area contributed by atoms with E-state index < -0.39 is 0 Å². The van der Waals surface area contributed by atoms with E-state index >= 15 is 0 Å². The highest BCUT2D eigenvalue weighted by molar-refractivity contribution is 5.92. The molecule has 0 spiro atoms. The van der Waals surface area contributed by atoms with E-state index in [-0.39, 0.29) is 17.7 Å². The minimum Gasteiger partial charge on any atom is -0.387 e. The van der Waals surface area contributed by atoms with Crippen LogP contribution in [0.3, 0.4) is 0 Å². The topological polar surface area (TPSA) is 95.1 Å². The summed E-state index contributed by atoms with van der Waals surface area (Å²) in [6.07, 6.45) is 1.61. The number of amidine groups is 1. The number of nitrogens with zero attached hydrogens (tertiary/aromatic N) is 2. The summed E-state index contributed by atoms with van der Waals surface area (Å²) in [6.45, 7) is 5.34. The summed E-state index contributed by atoms with van der Waals surface area (Å²) in [5, 5.41) is 10.00. The average Bonchev–Trinajstić information content (AvgIpc) is 2.43. The molecular weight excluding hydrogens is 242 g/mol. The van der Waals surface area contributed by atoms with Crippen LogP contribution >= 0.6 is 0 Å². The van der Waals surface area contributed by atoms with E-state index in [0.717, 1.165) is 12.2 Å². The second-order valence-electron chi connectivity index (χ2n) is 4.37. The van der Waals surface area contributed by atoms with Crippen LogP contribution in [0.5, 0.6) is 0 Å². The van der Waals surface area contributed by atoms with E-state index in [1.807, 2.05) is 19.9 Å². The lowest BCUT2D eigenvalue weighted by Crippen LogP contribution is -2.34. The molecule has 0 aromatic carbocycles. The third-order valence-corrected chi connectivity index (χ3v) is 2.98. The molecule has 19 heavy (non-hydrogen) atoms. The third-order valence-electron chi connectivity index (χ3n) is 2.98. The molecule has 1 rings (SSSR count). The Labute approximate surface area is 113 Å². The van der Waals surface area contributed by atoms with E-state index in [9.17, 15) is 4.79 Å². The van der Waals surface area contributed by atoms with E-state index in [4.69, 9.17) is 11.1 Å². The Morgan fingerprint density at radius 3 is 2.84 bits per heavy atom. The maximum absolute atomic E-state index is 11.6. The van der Waals surface area contributed by atoms with Crippen LogP contribution in [0.2, 0.25) is 0 Å². The van der Waals surface area contributed by atoms with Gasteiger partial charge in [-0.15, -0.1) is 0 Å². The summed E-state index contributed by atoms with van der Waals surface area (Å²) < 4.78 is 0. The Kier molecular flexibility index (Phi) is 5.29. The Bertz CT molecular complexity index is 460. The van der Waals surface area contributed by atoms with Crippen molar-refractivity contribution < 1.29 is 4.79 Å². The van der Waals surface area contributed by atoms with Crippen molar-refractivity contribution in [1.29, 1.82) is 5.41 Å². The number of anilines is 1. The molecule has 6 nitrogen and oxygen atoms in total. The van der Waals surface area contributed by atoms with Gasteiger partial charge in [0.1, 0.15) is 5.69 Å². The summed E-state index contributed by atoms with van der Waals surface area (Å²) >= 11 is 0. The summed E-state index contributed by atoms with van der Waals surface area (Å²) in [5.41, 5.74) is 6.79. The number of hydrogen-bond donors (Lipinski definition) is 3. The first-order chi connectivity index (χ1) is 8.99. The Morgan fingerprint density at radius 1 is 1.63 bits per heavy atom. The summed E-state index contributed by atoms with van der Waals surface area (Å²) in [6, 6.07) is 3.60. The highest BCUT2D eigenvalue weighted by atomic mass is 16.1. The van der Waals surface area contributed by atoms with Crippen molar-refractivity contribution in [3.63, 3.8) is 0 Å². The predicted molar refractivity (Wildman–Crippen MR) is 76.6 cm³/mol. The molecule has 0 aliphatic rings. The van der Waals surface area contributed by atoms with Gasteiger partial charge in [0.25, 0.3) is 5.91 Å². The van der Waals surface area contributed by atoms with Crippen molar-refractivity contribution in [1.82, 2.24) is 10.3 Å². The van der Waals surface area contributed by atoms with Crippen LogP contribution in [0.4, 0.5) is 5.69 Å². The second kappa shape index (κ2) is 6.72. The molecule has 0 fully saturated rings. The van der Waals surface area contributed by atoms with Gasteiger partial charge in [-0.2, -0.15) is 0 Å². The van der Waals surface area contributed by atoms with Crippen LogP contribution in [0.15, 0.2) is 18.3 Å². The highest BCUT2D eigenvalue weighted by Crippen LogP contribution is 2.16. The molecular formula is C13H21N5O. The predicted octanol–water partition coefficient (Wildman–Crippen LogP) is 0.840. The first-order valence-electron chi connectivity index (χ1n) is 6.26. The van der Waals surface area contributed by atoms with Gasteiger partial charge >= 0.3 is 0 Å². The van der Waals surface area contributed by atoms with Crippen molar-refractivity contribution in [2.45, 2.75) is 13.8 Å². The van der Waals surface area contributed by atoms with Crippen LogP contribution in [0.25, 0.3) is 0 Å². The lowest BCUT2D eigenvalue weighted by molar-refractivity contribution is 0.0958. The average molecular weight is 263 g/mol. The number of carbonyl (C=O) groups excluding carboxylic acids is 1. The second-order valence-corrected chi connectivity index (χ2v) is 4.37. The summed E-state index contributed by atoms with van der Waals surface area (Å²) in [4.78, 5) is 17.7. The van der Waals surface area contributed by atoms with E-state index in [1.54, 1.807) is 19.3 Å². The van der Waals surface area contributed by atoms with Crippen molar-refractivity contribution in [2.24, 2.45) is 11.7 Å². The number of pyridine rings is 1. The largest absolute Gasteiger partial charge is 0.387 e. The molecule has 0 bridgehead atoms. The lowest BCUT2D eigenvalue weighted by atomic mass is 10.1. The van der Waals surface area contributed by atoms with Gasteiger partial charge in [0, 0.05) is 37.9 Å². The number of amides is 1. The molecule has 4 N–H and O–H groups in total. The molecule has 1 unspecified atom stereocenters. The van der Waals surface area contributed by atoms with E-state index in [0.29, 0.717) is 12.2 Å². The first-order valence-corrected chi connectivity index (χ1v) is 6.26. The molecule has 104 valence electrons. The fourth-order valence-electron chi connectivity index (χ4n) is 1.71. The van der Waals surface area contributed by atoms with Crippen LogP contribution in [0.1, 0.15) is 24.3 Å². The molecule has 1 heterocycles.